The van der Waals surface area contributed by atoms with Gasteiger partial charge in [0.2, 0.25) is 0 Å². The summed E-state index contributed by atoms with van der Waals surface area (Å²) in [5, 5.41) is 7.68. The third-order valence-corrected chi connectivity index (χ3v) is 8.49. The van der Waals surface area contributed by atoms with Gasteiger partial charge in [0, 0.05) is 0 Å². The Hall–Kier alpha value is -5.46. The summed E-state index contributed by atoms with van der Waals surface area (Å²) in [7, 11) is 0. The molecule has 0 heterocycles. The Morgan fingerprint density at radius 2 is 0.595 bits per heavy atom. The zero-order chi connectivity index (χ0) is 27.9. The van der Waals surface area contributed by atoms with Gasteiger partial charge in [0.1, 0.15) is 0 Å². The molecule has 0 aliphatic heterocycles. The van der Waals surface area contributed by atoms with E-state index in [0.717, 1.165) is 0 Å². The molecule has 0 aliphatic carbocycles. The average Bonchev–Trinajstić information content (AvgIpc) is 3.07. The first-order valence-corrected chi connectivity index (χ1v) is 14.5. The summed E-state index contributed by atoms with van der Waals surface area (Å²) in [5.74, 6) is 0. The maximum absolute atomic E-state index is 2.28. The Kier molecular flexibility index (Phi) is 5.90. The van der Waals surface area contributed by atoms with E-state index < -0.39 is 0 Å². The second kappa shape index (κ2) is 10.2. The molecule has 8 aromatic rings. The van der Waals surface area contributed by atoms with Gasteiger partial charge in [0.05, 0.1) is 0 Å². The van der Waals surface area contributed by atoms with E-state index in [1.54, 1.807) is 0 Å². The summed E-state index contributed by atoms with van der Waals surface area (Å²) in [6, 6.07) is 61.6. The van der Waals surface area contributed by atoms with Crippen molar-refractivity contribution in [3.63, 3.8) is 0 Å². The maximum Gasteiger partial charge on any atom is -0.00264 e. The Morgan fingerprint density at radius 1 is 0.214 bits per heavy atom. The Labute approximate surface area is 246 Å². The molecule has 0 unspecified atom stereocenters. The molecule has 8 rings (SSSR count). The van der Waals surface area contributed by atoms with Crippen LogP contribution in [-0.4, -0.2) is 0 Å². The van der Waals surface area contributed by atoms with Gasteiger partial charge in [-0.25, -0.2) is 0 Å². The minimum atomic E-state index is 1.22. The number of fused-ring (bicyclic) bond motifs is 3. The summed E-state index contributed by atoms with van der Waals surface area (Å²) in [5.41, 5.74) is 10.0. The van der Waals surface area contributed by atoms with Crippen LogP contribution in [0.4, 0.5) is 0 Å². The molecule has 0 N–H and O–H groups in total. The highest BCUT2D eigenvalue weighted by Gasteiger charge is 2.16. The van der Waals surface area contributed by atoms with Gasteiger partial charge in [-0.15, -0.1) is 0 Å². The first-order valence-electron chi connectivity index (χ1n) is 14.5. The summed E-state index contributed by atoms with van der Waals surface area (Å²) >= 11 is 0. The summed E-state index contributed by atoms with van der Waals surface area (Å²) in [6.07, 6.45) is 0. The van der Waals surface area contributed by atoms with Crippen LogP contribution in [0.5, 0.6) is 0 Å². The van der Waals surface area contributed by atoms with Crippen molar-refractivity contribution in [1.82, 2.24) is 0 Å². The lowest BCUT2D eigenvalue weighted by molar-refractivity contribution is 1.60. The van der Waals surface area contributed by atoms with Gasteiger partial charge in [0.15, 0.2) is 0 Å². The van der Waals surface area contributed by atoms with Gasteiger partial charge >= 0.3 is 0 Å². The Morgan fingerprint density at radius 3 is 1.14 bits per heavy atom. The van der Waals surface area contributed by atoms with Crippen LogP contribution in [0.2, 0.25) is 0 Å². The molecule has 0 bridgehead atoms. The molecular formula is C42H28. The SMILES string of the molecule is c1ccc(-c2c3ccccc3c(-c3ccc(-c4ccc(-c5cccc6ccccc56)cc4)cc3)c3ccccc23)cc1. The van der Waals surface area contributed by atoms with Crippen LogP contribution in [0.3, 0.4) is 0 Å². The molecule has 0 heteroatoms. The van der Waals surface area contributed by atoms with E-state index in [9.17, 15) is 0 Å². The van der Waals surface area contributed by atoms with Gasteiger partial charge in [-0.3, -0.25) is 0 Å². The van der Waals surface area contributed by atoms with E-state index in [1.807, 2.05) is 0 Å². The summed E-state index contributed by atoms with van der Waals surface area (Å²) in [4.78, 5) is 0. The first-order chi connectivity index (χ1) is 20.8. The molecule has 0 saturated carbocycles. The third-order valence-electron chi connectivity index (χ3n) is 8.49. The minimum absolute atomic E-state index is 1.22. The largest absolute Gasteiger partial charge is 0.0622 e. The van der Waals surface area contributed by atoms with E-state index in [1.165, 1.54) is 76.8 Å². The van der Waals surface area contributed by atoms with Crippen LogP contribution < -0.4 is 0 Å². The normalized spacial score (nSPS) is 11.3. The number of rotatable bonds is 4. The number of hydrogen-bond acceptors (Lipinski definition) is 0. The lowest BCUT2D eigenvalue weighted by Gasteiger charge is -2.18. The second-order valence-electron chi connectivity index (χ2n) is 10.9. The van der Waals surface area contributed by atoms with Crippen LogP contribution >= 0.6 is 0 Å². The van der Waals surface area contributed by atoms with Crippen LogP contribution in [-0.2, 0) is 0 Å². The van der Waals surface area contributed by atoms with Crippen molar-refractivity contribution < 1.29 is 0 Å². The summed E-state index contributed by atoms with van der Waals surface area (Å²) < 4.78 is 0. The fourth-order valence-corrected chi connectivity index (χ4v) is 6.50. The molecule has 0 atom stereocenters. The molecular weight excluding hydrogens is 504 g/mol. The van der Waals surface area contributed by atoms with Crippen LogP contribution in [0.1, 0.15) is 0 Å². The zero-order valence-corrected chi connectivity index (χ0v) is 23.2. The Bertz CT molecular complexity index is 2140. The fraction of sp³-hybridized carbons (Fsp3) is 0. The Balaban J connectivity index is 1.22. The van der Waals surface area contributed by atoms with Crippen LogP contribution in [0, 0.1) is 0 Å². The number of hydrogen-bond donors (Lipinski definition) is 0. The summed E-state index contributed by atoms with van der Waals surface area (Å²) in [6.45, 7) is 0. The van der Waals surface area contributed by atoms with Gasteiger partial charge < -0.3 is 0 Å². The van der Waals surface area contributed by atoms with Gasteiger partial charge in [-0.1, -0.05) is 170 Å². The van der Waals surface area contributed by atoms with Crippen LogP contribution in [0.15, 0.2) is 170 Å². The molecule has 0 fully saturated rings. The van der Waals surface area contributed by atoms with E-state index >= 15 is 0 Å². The third kappa shape index (κ3) is 4.08. The van der Waals surface area contributed by atoms with E-state index in [4.69, 9.17) is 0 Å². The molecule has 0 spiro atoms. The molecule has 0 saturated heterocycles. The molecule has 0 amide bonds. The highest BCUT2D eigenvalue weighted by Crippen LogP contribution is 2.43. The van der Waals surface area contributed by atoms with Crippen molar-refractivity contribution in [2.45, 2.75) is 0 Å². The van der Waals surface area contributed by atoms with Gasteiger partial charge in [-0.05, 0) is 76.8 Å². The molecule has 196 valence electrons. The standard InChI is InChI=1S/C42H28/c1-2-12-33(13-3-1)41-37-16-6-8-18-39(37)42(40-19-9-7-17-38(40)41)34-27-23-30(24-28-34)29-21-25-32(26-22-29)36-20-10-14-31-11-4-5-15-35(31)36/h1-28H. The number of benzene rings is 8. The van der Waals surface area contributed by atoms with Crippen molar-refractivity contribution in [3.8, 4) is 44.5 Å². The molecule has 0 aromatic heterocycles. The lowest BCUT2D eigenvalue weighted by Crippen LogP contribution is -1.90. The molecule has 8 aromatic carbocycles. The van der Waals surface area contributed by atoms with E-state index in [2.05, 4.69) is 170 Å². The van der Waals surface area contributed by atoms with Crippen molar-refractivity contribution in [2.75, 3.05) is 0 Å². The molecule has 0 nitrogen and oxygen atoms in total. The van der Waals surface area contributed by atoms with E-state index in [-0.39, 0.29) is 0 Å². The van der Waals surface area contributed by atoms with Crippen LogP contribution in [0.25, 0.3) is 76.8 Å². The highest BCUT2D eigenvalue weighted by molar-refractivity contribution is 6.21. The molecule has 0 aliphatic rings. The quantitative estimate of drug-likeness (QED) is 0.198. The predicted octanol–water partition coefficient (Wildman–Crippen LogP) is 11.8. The molecule has 42 heavy (non-hydrogen) atoms. The monoisotopic (exact) mass is 532 g/mol. The predicted molar refractivity (Wildman–Crippen MR) is 181 cm³/mol. The smallest absolute Gasteiger partial charge is 0.00264 e. The second-order valence-corrected chi connectivity index (χ2v) is 10.9. The fourth-order valence-electron chi connectivity index (χ4n) is 6.50. The maximum atomic E-state index is 2.28. The van der Waals surface area contributed by atoms with E-state index in [0.29, 0.717) is 0 Å². The van der Waals surface area contributed by atoms with Crippen molar-refractivity contribution in [2.24, 2.45) is 0 Å². The highest BCUT2D eigenvalue weighted by atomic mass is 14.2. The van der Waals surface area contributed by atoms with Gasteiger partial charge in [0.25, 0.3) is 0 Å². The topological polar surface area (TPSA) is 0 Å². The van der Waals surface area contributed by atoms with Crippen molar-refractivity contribution in [3.05, 3.63) is 170 Å². The van der Waals surface area contributed by atoms with Gasteiger partial charge in [-0.2, -0.15) is 0 Å². The lowest BCUT2D eigenvalue weighted by atomic mass is 9.85. The molecule has 0 radical (unpaired) electrons. The minimum Gasteiger partial charge on any atom is -0.0622 e. The first kappa shape index (κ1) is 24.3. The average molecular weight is 533 g/mol. The zero-order valence-electron chi connectivity index (χ0n) is 23.2. The van der Waals surface area contributed by atoms with Crippen molar-refractivity contribution in [1.29, 1.82) is 0 Å². The van der Waals surface area contributed by atoms with Crippen molar-refractivity contribution >= 4 is 32.3 Å².